The van der Waals surface area contributed by atoms with Crippen molar-refractivity contribution >= 4 is 0 Å². The van der Waals surface area contributed by atoms with Crippen molar-refractivity contribution in [3.63, 3.8) is 0 Å². The number of nitrogens with zero attached hydrogens (tertiary/aromatic N) is 3. The Bertz CT molecular complexity index is 576. The molecule has 94 valence electrons. The molecule has 2 aromatic rings. The molecular formula is C13H16N4O. The first-order chi connectivity index (χ1) is 8.79. The van der Waals surface area contributed by atoms with Crippen molar-refractivity contribution in [2.75, 3.05) is 13.7 Å². The van der Waals surface area contributed by atoms with Gasteiger partial charge in [-0.15, -0.1) is 10.2 Å². The van der Waals surface area contributed by atoms with Gasteiger partial charge in [-0.2, -0.15) is 0 Å². The smallest absolute Gasteiger partial charge is 0.164 e. The number of hydrogen-bond acceptors (Lipinski definition) is 4. The van der Waals surface area contributed by atoms with Crippen molar-refractivity contribution in [2.24, 2.45) is 0 Å². The summed E-state index contributed by atoms with van der Waals surface area (Å²) in [4.78, 5) is 0. The van der Waals surface area contributed by atoms with E-state index in [0.717, 1.165) is 48.2 Å². The summed E-state index contributed by atoms with van der Waals surface area (Å²) in [5.74, 6) is 2.80. The van der Waals surface area contributed by atoms with Gasteiger partial charge in [-0.05, 0) is 18.6 Å². The Kier molecular flexibility index (Phi) is 2.76. The molecule has 1 aliphatic heterocycles. The van der Waals surface area contributed by atoms with Gasteiger partial charge < -0.3 is 14.6 Å². The molecule has 1 aromatic carbocycles. The summed E-state index contributed by atoms with van der Waals surface area (Å²) in [6.07, 6.45) is 0. The van der Waals surface area contributed by atoms with Gasteiger partial charge >= 0.3 is 0 Å². The van der Waals surface area contributed by atoms with E-state index < -0.39 is 0 Å². The van der Waals surface area contributed by atoms with Crippen LogP contribution in [-0.2, 0) is 13.1 Å². The molecule has 0 amide bonds. The van der Waals surface area contributed by atoms with Crippen LogP contribution in [0.15, 0.2) is 18.2 Å². The summed E-state index contributed by atoms with van der Waals surface area (Å²) in [6, 6.07) is 6.14. The Morgan fingerprint density at radius 1 is 1.33 bits per heavy atom. The lowest BCUT2D eigenvalue weighted by Crippen LogP contribution is -2.28. The molecule has 5 heteroatoms. The molecular weight excluding hydrogens is 228 g/mol. The van der Waals surface area contributed by atoms with Crippen molar-refractivity contribution in [3.05, 3.63) is 29.6 Å². The molecule has 5 nitrogen and oxygen atoms in total. The van der Waals surface area contributed by atoms with Crippen molar-refractivity contribution in [1.29, 1.82) is 0 Å². The number of hydrogen-bond donors (Lipinski definition) is 1. The van der Waals surface area contributed by atoms with Crippen LogP contribution < -0.4 is 10.1 Å². The summed E-state index contributed by atoms with van der Waals surface area (Å²) in [5, 5.41) is 11.8. The highest BCUT2D eigenvalue weighted by Gasteiger charge is 2.17. The molecule has 0 aliphatic carbocycles. The number of methoxy groups -OCH3 is 1. The molecule has 2 heterocycles. The van der Waals surface area contributed by atoms with Crippen molar-refractivity contribution in [1.82, 2.24) is 20.1 Å². The summed E-state index contributed by atoms with van der Waals surface area (Å²) in [6.45, 7) is 4.69. The van der Waals surface area contributed by atoms with E-state index in [-0.39, 0.29) is 0 Å². The lowest BCUT2D eigenvalue weighted by atomic mass is 10.1. The number of aryl methyl sites for hydroxylation is 1. The molecule has 0 fully saturated rings. The second kappa shape index (κ2) is 4.42. The van der Waals surface area contributed by atoms with Gasteiger partial charge in [0.05, 0.1) is 13.7 Å². The van der Waals surface area contributed by atoms with Crippen LogP contribution in [0, 0.1) is 6.92 Å². The van der Waals surface area contributed by atoms with Crippen molar-refractivity contribution in [2.45, 2.75) is 20.0 Å². The fourth-order valence-corrected chi connectivity index (χ4v) is 2.26. The van der Waals surface area contributed by atoms with Crippen molar-refractivity contribution < 1.29 is 4.74 Å². The molecule has 0 radical (unpaired) electrons. The minimum atomic E-state index is 0.788. The van der Waals surface area contributed by atoms with Gasteiger partial charge in [0.1, 0.15) is 11.6 Å². The minimum absolute atomic E-state index is 0.788. The molecule has 1 aromatic heterocycles. The SMILES string of the molecule is COc1cc(-c2nnc3n2CCNC3)ccc1C. The Balaban J connectivity index is 2.07. The van der Waals surface area contributed by atoms with Crippen LogP contribution >= 0.6 is 0 Å². The highest BCUT2D eigenvalue weighted by Crippen LogP contribution is 2.26. The van der Waals surface area contributed by atoms with Crippen molar-refractivity contribution in [3.8, 4) is 17.1 Å². The van der Waals surface area contributed by atoms with Gasteiger partial charge in [-0.3, -0.25) is 0 Å². The number of rotatable bonds is 2. The first-order valence-electron chi connectivity index (χ1n) is 6.07. The van der Waals surface area contributed by atoms with Crippen LogP contribution in [-0.4, -0.2) is 28.4 Å². The summed E-state index contributed by atoms with van der Waals surface area (Å²) in [7, 11) is 1.69. The molecule has 0 atom stereocenters. The van der Waals surface area contributed by atoms with E-state index in [1.807, 2.05) is 13.0 Å². The maximum atomic E-state index is 5.36. The van der Waals surface area contributed by atoms with E-state index >= 15 is 0 Å². The van der Waals surface area contributed by atoms with Crippen LogP contribution in [0.2, 0.25) is 0 Å². The molecule has 1 aliphatic rings. The second-order valence-corrected chi connectivity index (χ2v) is 4.45. The largest absolute Gasteiger partial charge is 0.496 e. The molecule has 3 rings (SSSR count). The molecule has 18 heavy (non-hydrogen) atoms. The fraction of sp³-hybridized carbons (Fsp3) is 0.385. The van der Waals surface area contributed by atoms with E-state index in [4.69, 9.17) is 4.74 Å². The highest BCUT2D eigenvalue weighted by molar-refractivity contribution is 5.59. The van der Waals surface area contributed by atoms with Gasteiger partial charge in [-0.25, -0.2) is 0 Å². The van der Waals surface area contributed by atoms with Gasteiger partial charge in [0, 0.05) is 18.7 Å². The Morgan fingerprint density at radius 3 is 3.06 bits per heavy atom. The van der Waals surface area contributed by atoms with E-state index in [2.05, 4.69) is 32.2 Å². The summed E-state index contributed by atoms with van der Waals surface area (Å²) >= 11 is 0. The average molecular weight is 244 g/mol. The lowest BCUT2D eigenvalue weighted by molar-refractivity contribution is 0.412. The Labute approximate surface area is 106 Å². The standard InChI is InChI=1S/C13H16N4O/c1-9-3-4-10(7-11(9)18-2)13-16-15-12-8-14-5-6-17(12)13/h3-4,7,14H,5-6,8H2,1-2H3. The lowest BCUT2D eigenvalue weighted by Gasteiger charge is -2.16. The molecule has 0 spiro atoms. The third kappa shape index (κ3) is 1.76. The third-order valence-corrected chi connectivity index (χ3v) is 3.29. The summed E-state index contributed by atoms with van der Waals surface area (Å²) < 4.78 is 7.53. The molecule has 0 saturated carbocycles. The number of fused-ring (bicyclic) bond motifs is 1. The maximum absolute atomic E-state index is 5.36. The predicted octanol–water partition coefficient (Wildman–Crippen LogP) is 1.37. The number of aromatic nitrogens is 3. The molecule has 0 bridgehead atoms. The predicted molar refractivity (Wildman–Crippen MR) is 68.5 cm³/mol. The maximum Gasteiger partial charge on any atom is 0.164 e. The third-order valence-electron chi connectivity index (χ3n) is 3.29. The van der Waals surface area contributed by atoms with Gasteiger partial charge in [0.25, 0.3) is 0 Å². The van der Waals surface area contributed by atoms with E-state index in [0.29, 0.717) is 0 Å². The van der Waals surface area contributed by atoms with Gasteiger partial charge in [0.2, 0.25) is 0 Å². The molecule has 0 saturated heterocycles. The summed E-state index contributed by atoms with van der Waals surface area (Å²) in [5.41, 5.74) is 2.18. The Hall–Kier alpha value is -1.88. The quantitative estimate of drug-likeness (QED) is 0.866. The molecule has 0 unspecified atom stereocenters. The number of benzene rings is 1. The minimum Gasteiger partial charge on any atom is -0.496 e. The van der Waals surface area contributed by atoms with Crippen LogP contribution in [0.3, 0.4) is 0 Å². The van der Waals surface area contributed by atoms with Crippen LogP contribution in [0.1, 0.15) is 11.4 Å². The highest BCUT2D eigenvalue weighted by atomic mass is 16.5. The molecule has 1 N–H and O–H groups in total. The average Bonchev–Trinajstić information content (AvgIpc) is 2.83. The topological polar surface area (TPSA) is 52.0 Å². The normalized spacial score (nSPS) is 14.3. The number of nitrogens with one attached hydrogen (secondary N) is 1. The fourth-order valence-electron chi connectivity index (χ4n) is 2.26. The first-order valence-corrected chi connectivity index (χ1v) is 6.07. The second-order valence-electron chi connectivity index (χ2n) is 4.45. The zero-order valence-corrected chi connectivity index (χ0v) is 10.6. The number of ether oxygens (including phenoxy) is 1. The van der Waals surface area contributed by atoms with E-state index in [9.17, 15) is 0 Å². The van der Waals surface area contributed by atoms with Crippen LogP contribution in [0.4, 0.5) is 0 Å². The monoisotopic (exact) mass is 244 g/mol. The zero-order chi connectivity index (χ0) is 12.5. The van der Waals surface area contributed by atoms with Gasteiger partial charge in [0.15, 0.2) is 5.82 Å². The first kappa shape index (κ1) is 11.2. The van der Waals surface area contributed by atoms with Crippen LogP contribution in [0.5, 0.6) is 5.75 Å². The Morgan fingerprint density at radius 2 is 2.22 bits per heavy atom. The van der Waals surface area contributed by atoms with Gasteiger partial charge in [-0.1, -0.05) is 12.1 Å². The van der Waals surface area contributed by atoms with E-state index in [1.165, 1.54) is 0 Å². The van der Waals surface area contributed by atoms with Crippen LogP contribution in [0.25, 0.3) is 11.4 Å². The zero-order valence-electron chi connectivity index (χ0n) is 10.6. The van der Waals surface area contributed by atoms with E-state index in [1.54, 1.807) is 7.11 Å².